The van der Waals surface area contributed by atoms with Crippen molar-refractivity contribution in [1.29, 1.82) is 0 Å². The van der Waals surface area contributed by atoms with Crippen LogP contribution in [0.3, 0.4) is 0 Å². The Labute approximate surface area is 204 Å². The molecule has 0 saturated carbocycles. The number of aliphatic carboxylic acids is 2. The fourth-order valence-electron chi connectivity index (χ4n) is 3.37. The van der Waals surface area contributed by atoms with Crippen molar-refractivity contribution in [1.82, 2.24) is 9.97 Å². The molecule has 2 aromatic heterocycles. The van der Waals surface area contributed by atoms with Crippen molar-refractivity contribution < 1.29 is 25.1 Å². The highest BCUT2D eigenvalue weighted by molar-refractivity contribution is 6.30. The van der Waals surface area contributed by atoms with E-state index in [9.17, 15) is 14.7 Å². The number of hydrogen-bond acceptors (Lipinski definition) is 5. The fourth-order valence-corrected chi connectivity index (χ4v) is 3.50. The maximum atomic E-state index is 9.53. The Bertz CT molecular complexity index is 989. The van der Waals surface area contributed by atoms with Gasteiger partial charge in [-0.2, -0.15) is 0 Å². The van der Waals surface area contributed by atoms with Gasteiger partial charge < -0.3 is 20.3 Å². The fraction of sp³-hybridized carbons (Fsp3) is 0.231. The first-order valence-electron chi connectivity index (χ1n) is 10.9. The van der Waals surface area contributed by atoms with Crippen LogP contribution in [0.25, 0.3) is 0 Å². The van der Waals surface area contributed by atoms with E-state index in [-0.39, 0.29) is 5.92 Å². The molecule has 8 heteroatoms. The average Bonchev–Trinajstić information content (AvgIpc) is 2.83. The van der Waals surface area contributed by atoms with Gasteiger partial charge in [0.05, 0.1) is 18.6 Å². The standard InChI is InChI=1S/C22H24ClN3.C4H4O4/c1-17(16-18-8-10-19(23)11-9-18)24-15-12-20(21-6-2-4-13-25-21)22-7-3-5-14-26-22;5-3(6)1-2-4(7)8/h2-11,13-14,17,20,24H,12,15-16H2,1H3;1-2H,(H,5,6)(H,7,8)/b;2-1+. The lowest BCUT2D eigenvalue weighted by Gasteiger charge is -2.17. The van der Waals surface area contributed by atoms with E-state index >= 15 is 0 Å². The van der Waals surface area contributed by atoms with E-state index in [1.807, 2.05) is 48.8 Å². The number of nitrogens with zero attached hydrogens (tertiary/aromatic N) is 2. The second-order valence-corrected chi connectivity index (χ2v) is 8.11. The molecule has 0 amide bonds. The van der Waals surface area contributed by atoms with Gasteiger partial charge in [-0.1, -0.05) is 35.9 Å². The lowest BCUT2D eigenvalue weighted by atomic mass is 9.96. The van der Waals surface area contributed by atoms with Gasteiger partial charge >= 0.3 is 5.97 Å². The quantitative estimate of drug-likeness (QED) is 0.428. The van der Waals surface area contributed by atoms with E-state index in [1.165, 1.54) is 5.56 Å². The summed E-state index contributed by atoms with van der Waals surface area (Å²) in [6.45, 7) is 3.30. The van der Waals surface area contributed by atoms with Crippen molar-refractivity contribution in [3.8, 4) is 0 Å². The predicted octanol–water partition coefficient (Wildman–Crippen LogP) is 2.22. The molecule has 0 saturated heterocycles. The van der Waals surface area contributed by atoms with Crippen molar-refractivity contribution in [2.75, 3.05) is 6.54 Å². The zero-order valence-electron chi connectivity index (χ0n) is 18.9. The maximum absolute atomic E-state index is 9.53. The number of carboxylic acid groups (broad SMARTS) is 2. The van der Waals surface area contributed by atoms with E-state index in [4.69, 9.17) is 16.7 Å². The number of benzene rings is 1. The first-order chi connectivity index (χ1) is 16.3. The molecule has 1 aromatic carbocycles. The number of nitrogens with two attached hydrogens (primary N) is 1. The molecule has 3 N–H and O–H groups in total. The number of aromatic nitrogens is 2. The van der Waals surface area contributed by atoms with Crippen LogP contribution in [-0.2, 0) is 16.0 Å². The molecule has 3 aromatic rings. The normalized spacial score (nSPS) is 11.6. The first-order valence-corrected chi connectivity index (χ1v) is 11.2. The average molecular weight is 482 g/mol. The van der Waals surface area contributed by atoms with Crippen LogP contribution in [0.1, 0.15) is 36.2 Å². The van der Waals surface area contributed by atoms with Gasteiger partial charge in [0.15, 0.2) is 0 Å². The Morgan fingerprint density at radius 2 is 1.59 bits per heavy atom. The van der Waals surface area contributed by atoms with Crippen molar-refractivity contribution >= 4 is 23.5 Å². The Morgan fingerprint density at radius 3 is 2.03 bits per heavy atom. The molecule has 0 bridgehead atoms. The SMILES string of the molecule is CC(Cc1ccc(Cl)cc1)[NH2+]CCC(c1ccccn1)c1ccccn1.O=C([O-])/C=C/C(=O)O. The van der Waals surface area contributed by atoms with E-state index in [0.717, 1.165) is 35.8 Å². The summed E-state index contributed by atoms with van der Waals surface area (Å²) in [5, 5.41) is 20.4. The molecule has 1 unspecified atom stereocenters. The van der Waals surface area contributed by atoms with Gasteiger partial charge in [-0.25, -0.2) is 4.79 Å². The Kier molecular flexibility index (Phi) is 11.4. The molecule has 0 radical (unpaired) electrons. The van der Waals surface area contributed by atoms with Crippen molar-refractivity contribution in [3.05, 3.63) is 107 Å². The second kappa shape index (κ2) is 14.6. The molecule has 178 valence electrons. The summed E-state index contributed by atoms with van der Waals surface area (Å²) in [5.74, 6) is -2.57. The van der Waals surface area contributed by atoms with Gasteiger partial charge in [-0.3, -0.25) is 9.97 Å². The van der Waals surface area contributed by atoms with Gasteiger partial charge in [-0.05, 0) is 55.0 Å². The molecule has 3 rings (SSSR count). The van der Waals surface area contributed by atoms with E-state index in [2.05, 4.69) is 46.5 Å². The van der Waals surface area contributed by atoms with Crippen LogP contribution in [0.4, 0.5) is 0 Å². The highest BCUT2D eigenvalue weighted by Crippen LogP contribution is 2.23. The highest BCUT2D eigenvalue weighted by atomic mass is 35.5. The molecule has 34 heavy (non-hydrogen) atoms. The van der Waals surface area contributed by atoms with Crippen molar-refractivity contribution in [2.24, 2.45) is 0 Å². The molecule has 0 aliphatic rings. The van der Waals surface area contributed by atoms with Crippen molar-refractivity contribution in [2.45, 2.75) is 31.7 Å². The molecule has 0 aliphatic heterocycles. The number of carbonyl (C=O) groups excluding carboxylic acids is 1. The summed E-state index contributed by atoms with van der Waals surface area (Å²) in [6.07, 6.45) is 6.71. The van der Waals surface area contributed by atoms with Crippen LogP contribution in [-0.4, -0.2) is 39.6 Å². The zero-order chi connectivity index (χ0) is 24.8. The number of hydrogen-bond donors (Lipinski definition) is 2. The number of halogens is 1. The monoisotopic (exact) mass is 481 g/mol. The first kappa shape index (κ1) is 26.7. The summed E-state index contributed by atoms with van der Waals surface area (Å²) < 4.78 is 0. The smallest absolute Gasteiger partial charge is 0.328 e. The Balaban J connectivity index is 0.000000440. The van der Waals surface area contributed by atoms with E-state index in [0.29, 0.717) is 18.2 Å². The van der Waals surface area contributed by atoms with Gasteiger partial charge in [0.1, 0.15) is 0 Å². The number of carbonyl (C=O) groups is 2. The lowest BCUT2D eigenvalue weighted by Crippen LogP contribution is -2.89. The number of pyridine rings is 2. The Hall–Kier alpha value is -3.55. The maximum Gasteiger partial charge on any atom is 0.328 e. The molecule has 0 spiro atoms. The molecular weight excluding hydrogens is 454 g/mol. The summed E-state index contributed by atoms with van der Waals surface area (Å²) in [5.41, 5.74) is 3.50. The minimum absolute atomic E-state index is 0.233. The lowest BCUT2D eigenvalue weighted by molar-refractivity contribution is -0.686. The van der Waals surface area contributed by atoms with Crippen LogP contribution < -0.4 is 10.4 Å². The van der Waals surface area contributed by atoms with E-state index in [1.54, 1.807) is 0 Å². The predicted molar refractivity (Wildman–Crippen MR) is 128 cm³/mol. The number of carboxylic acids is 2. The van der Waals surface area contributed by atoms with Crippen LogP contribution in [0, 0.1) is 0 Å². The summed E-state index contributed by atoms with van der Waals surface area (Å²) in [6, 6.07) is 20.9. The third kappa shape index (κ3) is 10.4. The molecule has 0 aliphatic carbocycles. The molecular formula is C26H28ClN3O4. The topological polar surface area (TPSA) is 120 Å². The van der Waals surface area contributed by atoms with Crippen LogP contribution >= 0.6 is 11.6 Å². The molecule has 1 atom stereocenters. The summed E-state index contributed by atoms with van der Waals surface area (Å²) >= 11 is 5.96. The zero-order valence-corrected chi connectivity index (χ0v) is 19.6. The molecule has 7 nitrogen and oxygen atoms in total. The van der Waals surface area contributed by atoms with Gasteiger partial charge in [0, 0.05) is 53.6 Å². The van der Waals surface area contributed by atoms with Gasteiger partial charge in [0.2, 0.25) is 0 Å². The molecule has 0 fully saturated rings. The van der Waals surface area contributed by atoms with Crippen LogP contribution in [0.15, 0.2) is 85.2 Å². The van der Waals surface area contributed by atoms with E-state index < -0.39 is 11.9 Å². The van der Waals surface area contributed by atoms with Crippen molar-refractivity contribution in [3.63, 3.8) is 0 Å². The third-order valence-electron chi connectivity index (χ3n) is 4.95. The number of quaternary nitrogens is 1. The minimum Gasteiger partial charge on any atom is -0.545 e. The van der Waals surface area contributed by atoms with Crippen LogP contribution in [0.2, 0.25) is 5.02 Å². The largest absolute Gasteiger partial charge is 0.545 e. The summed E-state index contributed by atoms with van der Waals surface area (Å²) in [7, 11) is 0. The molecule has 2 heterocycles. The third-order valence-corrected chi connectivity index (χ3v) is 5.20. The van der Waals surface area contributed by atoms with Gasteiger partial charge in [0.25, 0.3) is 0 Å². The highest BCUT2D eigenvalue weighted by Gasteiger charge is 2.18. The minimum atomic E-state index is -1.51. The summed E-state index contributed by atoms with van der Waals surface area (Å²) in [4.78, 5) is 28.1. The number of rotatable bonds is 10. The Morgan fingerprint density at radius 1 is 1.00 bits per heavy atom. The van der Waals surface area contributed by atoms with Gasteiger partial charge in [-0.15, -0.1) is 0 Å². The second-order valence-electron chi connectivity index (χ2n) is 7.67. The van der Waals surface area contributed by atoms with Crippen LogP contribution in [0.5, 0.6) is 0 Å².